The Kier molecular flexibility index (Phi) is 6.92. The molecule has 0 spiro atoms. The highest BCUT2D eigenvalue weighted by Gasteiger charge is 2.23. The summed E-state index contributed by atoms with van der Waals surface area (Å²) in [6.45, 7) is 4.03. The van der Waals surface area contributed by atoms with E-state index >= 15 is 0 Å². The van der Waals surface area contributed by atoms with Gasteiger partial charge in [-0.1, -0.05) is 11.6 Å². The largest absolute Gasteiger partial charge is 0.325 e. The van der Waals surface area contributed by atoms with Crippen molar-refractivity contribution in [2.75, 3.05) is 12.4 Å². The minimum absolute atomic E-state index is 0.0439. The molecule has 2 atom stereocenters. The van der Waals surface area contributed by atoms with Crippen LogP contribution in [0.1, 0.15) is 28.7 Å². The molecule has 6 nitrogen and oxygen atoms in total. The van der Waals surface area contributed by atoms with Crippen LogP contribution >= 0.6 is 22.9 Å². The lowest BCUT2D eigenvalue weighted by Crippen LogP contribution is -2.40. The first kappa shape index (κ1) is 22.4. The molecule has 30 heavy (non-hydrogen) atoms. The second-order valence-electron chi connectivity index (χ2n) is 7.17. The lowest BCUT2D eigenvalue weighted by molar-refractivity contribution is -0.118. The first-order valence-corrected chi connectivity index (χ1v) is 10.7. The van der Waals surface area contributed by atoms with Crippen molar-refractivity contribution in [3.05, 3.63) is 57.4 Å². The summed E-state index contributed by atoms with van der Waals surface area (Å²) in [5.41, 5.74) is 10.0. The maximum atomic E-state index is 13.3. The molecule has 1 amide bonds. The third kappa shape index (κ3) is 4.73. The molecule has 4 N–H and O–H groups in total. The first-order valence-electron chi connectivity index (χ1n) is 9.50. The zero-order valence-electron chi connectivity index (χ0n) is 17.3. The molecule has 1 aromatic carbocycles. The zero-order chi connectivity index (χ0) is 22.0. The first-order chi connectivity index (χ1) is 14.2. The number of aromatic nitrogens is 2. The fraction of sp³-hybridized carbons (Fsp3) is 0.333. The summed E-state index contributed by atoms with van der Waals surface area (Å²) in [5, 5.41) is 10.2. The van der Waals surface area contributed by atoms with E-state index in [1.807, 2.05) is 37.7 Å². The summed E-state index contributed by atoms with van der Waals surface area (Å²) in [7, 11) is 3.63. The summed E-state index contributed by atoms with van der Waals surface area (Å²) in [6, 6.07) is 7.28. The summed E-state index contributed by atoms with van der Waals surface area (Å²) in [6.07, 6.45) is 0.405. The Bertz CT molecular complexity index is 1060. The van der Waals surface area contributed by atoms with Gasteiger partial charge >= 0.3 is 0 Å². The Hall–Kier alpha value is -2.26. The van der Waals surface area contributed by atoms with Gasteiger partial charge in [0.2, 0.25) is 5.91 Å². The molecule has 9 heteroatoms. The van der Waals surface area contributed by atoms with Crippen LogP contribution in [0.4, 0.5) is 10.1 Å². The van der Waals surface area contributed by atoms with Gasteiger partial charge < -0.3 is 16.4 Å². The number of nitrogens with two attached hydrogens (primary N) is 1. The van der Waals surface area contributed by atoms with Crippen LogP contribution in [0.2, 0.25) is 5.02 Å². The van der Waals surface area contributed by atoms with E-state index in [0.29, 0.717) is 12.1 Å². The highest BCUT2D eigenvalue weighted by Crippen LogP contribution is 2.35. The molecule has 0 bridgehead atoms. The topological polar surface area (TPSA) is 85.0 Å². The van der Waals surface area contributed by atoms with Crippen molar-refractivity contribution in [3.8, 4) is 10.4 Å². The van der Waals surface area contributed by atoms with Crippen molar-refractivity contribution >= 4 is 34.5 Å². The third-order valence-electron chi connectivity index (χ3n) is 5.09. The average molecular weight is 450 g/mol. The monoisotopic (exact) mass is 449 g/mol. The van der Waals surface area contributed by atoms with E-state index in [1.165, 1.54) is 18.2 Å². The molecule has 0 aliphatic carbocycles. The molecule has 0 saturated carbocycles. The minimum atomic E-state index is -0.533. The van der Waals surface area contributed by atoms with Crippen LogP contribution in [-0.2, 0) is 11.8 Å². The Morgan fingerprint density at radius 3 is 2.67 bits per heavy atom. The summed E-state index contributed by atoms with van der Waals surface area (Å²) < 4.78 is 15.2. The summed E-state index contributed by atoms with van der Waals surface area (Å²) >= 11 is 7.40. The van der Waals surface area contributed by atoms with Crippen LogP contribution in [-0.4, -0.2) is 28.8 Å². The molecule has 0 aliphatic heterocycles. The molecular weight excluding hydrogens is 425 g/mol. The number of aryl methyl sites for hydroxylation is 2. The molecule has 0 unspecified atom stereocenters. The van der Waals surface area contributed by atoms with Gasteiger partial charge in [-0.15, -0.1) is 11.3 Å². The van der Waals surface area contributed by atoms with Gasteiger partial charge in [-0.25, -0.2) is 4.39 Å². The number of rotatable bonds is 7. The highest BCUT2D eigenvalue weighted by atomic mass is 35.5. The number of carbonyl (C=O) groups excluding carboxylic acids is 1. The van der Waals surface area contributed by atoms with Crippen molar-refractivity contribution < 1.29 is 9.18 Å². The Labute approximate surface area is 184 Å². The molecule has 2 heterocycles. The number of nitrogens with zero attached hydrogens (tertiary/aromatic N) is 2. The van der Waals surface area contributed by atoms with Crippen molar-refractivity contribution in [2.24, 2.45) is 12.8 Å². The molecule has 0 radical (unpaired) electrons. The third-order valence-corrected chi connectivity index (χ3v) is 6.61. The number of nitrogens with one attached hydrogen (secondary N) is 2. The Morgan fingerprint density at radius 2 is 2.07 bits per heavy atom. The minimum Gasteiger partial charge on any atom is -0.325 e. The average Bonchev–Trinajstić information content (AvgIpc) is 3.27. The van der Waals surface area contributed by atoms with Crippen molar-refractivity contribution in [2.45, 2.75) is 32.4 Å². The predicted molar refractivity (Wildman–Crippen MR) is 120 cm³/mol. The van der Waals surface area contributed by atoms with Crippen LogP contribution in [0.25, 0.3) is 10.4 Å². The lowest BCUT2D eigenvalue weighted by atomic mass is 10.1. The number of carbonyl (C=O) groups is 1. The van der Waals surface area contributed by atoms with Crippen molar-refractivity contribution in [1.29, 1.82) is 0 Å². The number of hydrogen-bond acceptors (Lipinski definition) is 5. The van der Waals surface area contributed by atoms with Crippen LogP contribution in [0.15, 0.2) is 30.3 Å². The zero-order valence-corrected chi connectivity index (χ0v) is 18.9. The lowest BCUT2D eigenvalue weighted by Gasteiger charge is -2.19. The molecule has 0 saturated heterocycles. The van der Waals surface area contributed by atoms with Crippen LogP contribution in [0, 0.1) is 19.7 Å². The van der Waals surface area contributed by atoms with Gasteiger partial charge in [0.05, 0.1) is 16.8 Å². The van der Waals surface area contributed by atoms with E-state index in [-0.39, 0.29) is 17.0 Å². The molecule has 160 valence electrons. The smallest absolute Gasteiger partial charge is 0.241 e. The number of thiophene rings is 1. The number of amides is 1. The summed E-state index contributed by atoms with van der Waals surface area (Å²) in [4.78, 5) is 14.7. The quantitative estimate of drug-likeness (QED) is 0.505. The van der Waals surface area contributed by atoms with E-state index in [9.17, 15) is 9.18 Å². The number of anilines is 1. The number of benzene rings is 1. The van der Waals surface area contributed by atoms with E-state index < -0.39 is 11.9 Å². The van der Waals surface area contributed by atoms with Crippen molar-refractivity contribution in [3.63, 3.8) is 0 Å². The van der Waals surface area contributed by atoms with Gasteiger partial charge in [0.25, 0.3) is 0 Å². The molecule has 2 aromatic heterocycles. The van der Waals surface area contributed by atoms with Crippen LogP contribution in [0.3, 0.4) is 0 Å². The van der Waals surface area contributed by atoms with E-state index in [4.69, 9.17) is 17.3 Å². The number of hydrogen-bond donors (Lipinski definition) is 3. The van der Waals surface area contributed by atoms with Gasteiger partial charge in [0.1, 0.15) is 5.82 Å². The van der Waals surface area contributed by atoms with E-state index in [1.54, 1.807) is 18.4 Å². The maximum Gasteiger partial charge on any atom is 0.241 e. The second-order valence-corrected chi connectivity index (χ2v) is 8.70. The van der Waals surface area contributed by atoms with Gasteiger partial charge in [-0.05, 0) is 57.6 Å². The Balaban J connectivity index is 1.70. The van der Waals surface area contributed by atoms with Crippen LogP contribution < -0.4 is 16.4 Å². The van der Waals surface area contributed by atoms with Gasteiger partial charge in [-0.3, -0.25) is 9.48 Å². The molecular formula is C21H25ClFN5OS. The van der Waals surface area contributed by atoms with Gasteiger partial charge in [0.15, 0.2) is 0 Å². The van der Waals surface area contributed by atoms with Gasteiger partial charge in [0, 0.05) is 39.8 Å². The van der Waals surface area contributed by atoms with Gasteiger partial charge in [-0.2, -0.15) is 5.10 Å². The van der Waals surface area contributed by atoms with Crippen LogP contribution in [0.5, 0.6) is 0 Å². The standard InChI is InChI=1S/C21H25ClFN5OS/c1-11-20(12(2)28(4)27-11)19-8-7-18(30-19)16(24)10-17(25-3)21(29)26-13-5-6-15(23)14(22)9-13/h5-9,16-17,25H,10,24H2,1-4H3,(H,26,29)/t16-,17+/m1/s1. The fourth-order valence-corrected chi connectivity index (χ4v) is 4.70. The predicted octanol–water partition coefficient (Wildman–Crippen LogP) is 4.17. The Morgan fingerprint density at radius 1 is 1.33 bits per heavy atom. The van der Waals surface area contributed by atoms with E-state index in [0.717, 1.165) is 26.7 Å². The normalized spacial score (nSPS) is 13.3. The number of likely N-dealkylation sites (N-methyl/N-ethyl adjacent to an activating group) is 1. The summed E-state index contributed by atoms with van der Waals surface area (Å²) in [5.74, 6) is -0.791. The molecule has 3 aromatic rings. The number of halogens is 2. The molecule has 0 fully saturated rings. The fourth-order valence-electron chi connectivity index (χ4n) is 3.35. The van der Waals surface area contributed by atoms with E-state index in [2.05, 4.69) is 15.7 Å². The SMILES string of the molecule is CN[C@@H](C[C@@H](N)c1ccc(-c2c(C)nn(C)c2C)s1)C(=O)Nc1ccc(F)c(Cl)c1. The maximum absolute atomic E-state index is 13.3. The molecule has 0 aliphatic rings. The second kappa shape index (κ2) is 9.26. The highest BCUT2D eigenvalue weighted by molar-refractivity contribution is 7.15. The molecule has 3 rings (SSSR count). The van der Waals surface area contributed by atoms with Crippen molar-refractivity contribution in [1.82, 2.24) is 15.1 Å².